The van der Waals surface area contributed by atoms with Crippen LogP contribution in [0.2, 0.25) is 0 Å². The van der Waals surface area contributed by atoms with Crippen LogP contribution in [0.4, 0.5) is 0 Å². The molecule has 2 bridgehead atoms. The molecule has 0 aliphatic carbocycles. The Balaban J connectivity index is 2.02. The lowest BCUT2D eigenvalue weighted by Gasteiger charge is -2.31. The van der Waals surface area contributed by atoms with Crippen LogP contribution < -0.4 is 5.32 Å². The van der Waals surface area contributed by atoms with Gasteiger partial charge in [-0.1, -0.05) is 37.5 Å². The van der Waals surface area contributed by atoms with Gasteiger partial charge in [-0.2, -0.15) is 0 Å². The number of rotatable bonds is 4. The van der Waals surface area contributed by atoms with Crippen LogP contribution >= 0.6 is 0 Å². The van der Waals surface area contributed by atoms with Gasteiger partial charge in [0, 0.05) is 21.9 Å². The molecule has 33 heavy (non-hydrogen) atoms. The number of ether oxygens (including phenoxy) is 1. The molecule has 1 fully saturated rings. The highest BCUT2D eigenvalue weighted by Crippen LogP contribution is 2.51. The average Bonchev–Trinajstić information content (AvgIpc) is 3.39. The Kier molecular flexibility index (Phi) is 4.20. The van der Waals surface area contributed by atoms with Crippen molar-refractivity contribution in [2.24, 2.45) is 0 Å². The summed E-state index contributed by atoms with van der Waals surface area (Å²) >= 11 is 0. The Labute approximate surface area is 191 Å². The summed E-state index contributed by atoms with van der Waals surface area (Å²) in [4.78, 5) is 26.4. The Bertz CT molecular complexity index is 1390. The SMILES string of the molecule is C=Cc1c(/C=C\C)c2c3c(c4c(/C=C\C)c(C=C)n5c4c2n1C1CCCC5O1)C(=O)NC3=O. The van der Waals surface area contributed by atoms with Crippen molar-refractivity contribution in [3.05, 3.63) is 59.0 Å². The minimum absolute atomic E-state index is 0.178. The number of hydrogen-bond acceptors (Lipinski definition) is 3. The van der Waals surface area contributed by atoms with Crippen molar-refractivity contribution in [2.75, 3.05) is 0 Å². The van der Waals surface area contributed by atoms with Crippen molar-refractivity contribution < 1.29 is 14.3 Å². The Morgan fingerprint density at radius 3 is 1.70 bits per heavy atom. The van der Waals surface area contributed by atoms with Gasteiger partial charge in [0.2, 0.25) is 0 Å². The predicted octanol–water partition coefficient (Wildman–Crippen LogP) is 6.04. The van der Waals surface area contributed by atoms with E-state index in [0.717, 1.165) is 63.6 Å². The molecule has 2 atom stereocenters. The highest BCUT2D eigenvalue weighted by Gasteiger charge is 2.42. The second kappa shape index (κ2) is 6.93. The summed E-state index contributed by atoms with van der Waals surface area (Å²) in [6.07, 6.45) is 13.9. The fourth-order valence-corrected chi connectivity index (χ4v) is 6.01. The summed E-state index contributed by atoms with van der Waals surface area (Å²) in [6.45, 7) is 12.1. The van der Waals surface area contributed by atoms with Crippen LogP contribution in [0.15, 0.2) is 25.3 Å². The first-order valence-corrected chi connectivity index (χ1v) is 11.4. The third-order valence-electron chi connectivity index (χ3n) is 7.07. The molecule has 3 aromatic rings. The van der Waals surface area contributed by atoms with Gasteiger partial charge >= 0.3 is 0 Å². The largest absolute Gasteiger partial charge is 0.335 e. The molecule has 2 amide bonds. The number of carbonyl (C=O) groups is 2. The molecule has 6 heteroatoms. The van der Waals surface area contributed by atoms with E-state index in [1.807, 2.05) is 50.3 Å². The van der Waals surface area contributed by atoms with Crippen molar-refractivity contribution in [1.82, 2.24) is 14.5 Å². The molecular weight excluding hydrogens is 414 g/mol. The van der Waals surface area contributed by atoms with E-state index < -0.39 is 0 Å². The highest BCUT2D eigenvalue weighted by atomic mass is 16.5. The molecule has 1 aromatic carbocycles. The maximum atomic E-state index is 13.2. The van der Waals surface area contributed by atoms with Gasteiger partial charge < -0.3 is 13.9 Å². The molecule has 1 saturated heterocycles. The van der Waals surface area contributed by atoms with E-state index in [0.29, 0.717) is 11.1 Å². The van der Waals surface area contributed by atoms with Gasteiger partial charge in [0.15, 0.2) is 0 Å². The molecule has 3 aliphatic rings. The van der Waals surface area contributed by atoms with E-state index in [1.54, 1.807) is 0 Å². The fraction of sp³-hybridized carbons (Fsp3) is 0.259. The second-order valence-corrected chi connectivity index (χ2v) is 8.70. The van der Waals surface area contributed by atoms with Gasteiger partial charge in [0.05, 0.1) is 33.5 Å². The van der Waals surface area contributed by atoms with E-state index in [1.165, 1.54) is 0 Å². The van der Waals surface area contributed by atoms with Gasteiger partial charge in [-0.25, -0.2) is 0 Å². The van der Waals surface area contributed by atoms with Crippen molar-refractivity contribution in [1.29, 1.82) is 0 Å². The Morgan fingerprint density at radius 1 is 0.848 bits per heavy atom. The van der Waals surface area contributed by atoms with Crippen LogP contribution in [0.1, 0.15) is 88.8 Å². The number of fused-ring (bicyclic) bond motifs is 7. The standard InChI is InChI=1S/C27H25N3O3/c1-5-10-14-16(7-3)29-18-12-9-13-19(33-18)30-17(8-4)15(11-6-2)21-23-22(26(31)28-27(23)32)20(14)24(29)25(21)30/h5-8,10-11,18-19H,3-4,9,12-13H2,1-2H3,(H,28,31,32)/b10-5-,11-6-. The monoisotopic (exact) mass is 439 g/mol. The summed E-state index contributed by atoms with van der Waals surface area (Å²) in [5, 5.41) is 4.12. The number of carbonyl (C=O) groups excluding carboxylic acids is 2. The molecule has 0 radical (unpaired) electrons. The third kappa shape index (κ3) is 2.31. The molecule has 166 valence electrons. The molecule has 3 aliphatic heterocycles. The average molecular weight is 440 g/mol. The molecule has 6 nitrogen and oxygen atoms in total. The first kappa shape index (κ1) is 20.0. The highest BCUT2D eigenvalue weighted by molar-refractivity contribution is 6.35. The zero-order valence-corrected chi connectivity index (χ0v) is 18.8. The second-order valence-electron chi connectivity index (χ2n) is 8.70. The minimum Gasteiger partial charge on any atom is -0.335 e. The van der Waals surface area contributed by atoms with Crippen molar-refractivity contribution in [3.63, 3.8) is 0 Å². The zero-order chi connectivity index (χ0) is 23.0. The summed E-state index contributed by atoms with van der Waals surface area (Å²) in [7, 11) is 0. The molecule has 1 N–H and O–H groups in total. The summed E-state index contributed by atoms with van der Waals surface area (Å²) < 4.78 is 11.0. The Morgan fingerprint density at radius 2 is 1.30 bits per heavy atom. The van der Waals surface area contributed by atoms with Crippen LogP contribution in [0.25, 0.3) is 46.1 Å². The number of allylic oxidation sites excluding steroid dienone is 2. The van der Waals surface area contributed by atoms with Gasteiger partial charge in [0.25, 0.3) is 11.8 Å². The quantitative estimate of drug-likeness (QED) is 0.504. The van der Waals surface area contributed by atoms with E-state index in [-0.39, 0.29) is 24.3 Å². The van der Waals surface area contributed by atoms with E-state index in [4.69, 9.17) is 4.74 Å². The van der Waals surface area contributed by atoms with Crippen LogP contribution in [0.3, 0.4) is 0 Å². The number of hydrogen-bond donors (Lipinski definition) is 1. The molecular formula is C27H25N3O3. The lowest BCUT2D eigenvalue weighted by molar-refractivity contribution is -0.118. The maximum Gasteiger partial charge on any atom is 0.259 e. The predicted molar refractivity (Wildman–Crippen MR) is 132 cm³/mol. The molecule has 5 heterocycles. The maximum absolute atomic E-state index is 13.2. The summed E-state index contributed by atoms with van der Waals surface area (Å²) in [6, 6.07) is 0. The normalized spacial score (nSPS) is 21.5. The van der Waals surface area contributed by atoms with Gasteiger partial charge in [-0.3, -0.25) is 14.9 Å². The van der Waals surface area contributed by atoms with Crippen LogP contribution in [-0.2, 0) is 4.74 Å². The summed E-state index contributed by atoms with van der Waals surface area (Å²) in [5.74, 6) is -0.717. The van der Waals surface area contributed by atoms with Crippen LogP contribution in [0.5, 0.6) is 0 Å². The number of imide groups is 1. The number of nitrogens with one attached hydrogen (secondary N) is 1. The number of benzene rings is 1. The Hall–Kier alpha value is -3.64. The smallest absolute Gasteiger partial charge is 0.259 e. The molecule has 2 unspecified atom stereocenters. The molecule has 0 saturated carbocycles. The fourth-order valence-electron chi connectivity index (χ4n) is 6.01. The number of nitrogens with zero attached hydrogens (tertiary/aromatic N) is 2. The van der Waals surface area contributed by atoms with Crippen molar-refractivity contribution in [3.8, 4) is 0 Å². The van der Waals surface area contributed by atoms with E-state index in [2.05, 4.69) is 27.6 Å². The third-order valence-corrected chi connectivity index (χ3v) is 7.07. The first-order chi connectivity index (χ1) is 16.1. The number of aromatic nitrogens is 2. The van der Waals surface area contributed by atoms with Crippen molar-refractivity contribution in [2.45, 2.75) is 45.6 Å². The lowest BCUT2D eigenvalue weighted by atomic mass is 9.94. The lowest BCUT2D eigenvalue weighted by Crippen LogP contribution is -2.23. The van der Waals surface area contributed by atoms with Gasteiger partial charge in [-0.05, 0) is 45.3 Å². The number of amides is 2. The molecule has 0 spiro atoms. The van der Waals surface area contributed by atoms with E-state index in [9.17, 15) is 9.59 Å². The summed E-state index contributed by atoms with van der Waals surface area (Å²) in [5.41, 5.74) is 6.29. The van der Waals surface area contributed by atoms with Crippen LogP contribution in [0, 0.1) is 0 Å². The molecule has 6 rings (SSSR count). The topological polar surface area (TPSA) is 65.3 Å². The molecule has 2 aromatic heterocycles. The van der Waals surface area contributed by atoms with Gasteiger partial charge in [-0.15, -0.1) is 0 Å². The van der Waals surface area contributed by atoms with E-state index >= 15 is 0 Å². The van der Waals surface area contributed by atoms with Crippen molar-refractivity contribution >= 4 is 57.9 Å². The first-order valence-electron chi connectivity index (χ1n) is 11.4. The van der Waals surface area contributed by atoms with Gasteiger partial charge in [0.1, 0.15) is 12.5 Å². The van der Waals surface area contributed by atoms with Crippen LogP contribution in [-0.4, -0.2) is 20.9 Å². The minimum atomic E-state index is -0.358. The zero-order valence-electron chi connectivity index (χ0n) is 18.8.